The lowest BCUT2D eigenvalue weighted by Gasteiger charge is -2.01. The van der Waals surface area contributed by atoms with E-state index in [0.29, 0.717) is 12.8 Å². The second kappa shape index (κ2) is 4.75. The Balaban J connectivity index is 2.73. The van der Waals surface area contributed by atoms with E-state index in [9.17, 15) is 9.18 Å². The molecule has 0 amide bonds. The quantitative estimate of drug-likeness (QED) is 0.695. The van der Waals surface area contributed by atoms with Gasteiger partial charge in [-0.3, -0.25) is 9.18 Å². The molecule has 0 N–H and O–H groups in total. The minimum Gasteiger partial charge on any atom is -0.300 e. The highest BCUT2D eigenvalue weighted by atomic mass is 19.1. The molecule has 1 aromatic rings. The lowest BCUT2D eigenvalue weighted by molar-refractivity contribution is -0.116. The van der Waals surface area contributed by atoms with Gasteiger partial charge in [0.05, 0.1) is 6.67 Å². The maximum Gasteiger partial charge on any atom is 0.134 e. The third-order valence-electron chi connectivity index (χ3n) is 1.83. The van der Waals surface area contributed by atoms with Gasteiger partial charge in [-0.15, -0.1) is 0 Å². The van der Waals surface area contributed by atoms with Crippen LogP contribution in [0.1, 0.15) is 18.1 Å². The Kier molecular flexibility index (Phi) is 3.62. The Labute approximate surface area is 77.6 Å². The standard InChI is InChI=1S/C11H13FO/c1-9(13)7-11-4-2-3-10(8-11)5-6-12/h2-4,8H,5-7H2,1H3. The Morgan fingerprint density at radius 3 is 2.69 bits per heavy atom. The number of aryl methyl sites for hydroxylation is 1. The van der Waals surface area contributed by atoms with Crippen molar-refractivity contribution < 1.29 is 9.18 Å². The van der Waals surface area contributed by atoms with E-state index in [2.05, 4.69) is 0 Å². The fraction of sp³-hybridized carbons (Fsp3) is 0.364. The highest BCUT2D eigenvalue weighted by molar-refractivity contribution is 5.78. The van der Waals surface area contributed by atoms with E-state index in [4.69, 9.17) is 0 Å². The molecule has 0 atom stereocenters. The van der Waals surface area contributed by atoms with Crippen LogP contribution >= 0.6 is 0 Å². The van der Waals surface area contributed by atoms with Crippen molar-refractivity contribution in [2.24, 2.45) is 0 Å². The number of rotatable bonds is 4. The second-order valence-corrected chi connectivity index (χ2v) is 3.14. The average Bonchev–Trinajstić information content (AvgIpc) is 2.04. The topological polar surface area (TPSA) is 17.1 Å². The van der Waals surface area contributed by atoms with Crippen molar-refractivity contribution in [3.8, 4) is 0 Å². The summed E-state index contributed by atoms with van der Waals surface area (Å²) in [5.41, 5.74) is 1.93. The highest BCUT2D eigenvalue weighted by Crippen LogP contribution is 2.07. The van der Waals surface area contributed by atoms with Gasteiger partial charge in [0.25, 0.3) is 0 Å². The maximum absolute atomic E-state index is 12.0. The molecule has 0 aliphatic carbocycles. The molecule has 0 saturated carbocycles. The Bertz CT molecular complexity index is 294. The molecule has 0 heterocycles. The summed E-state index contributed by atoms with van der Waals surface area (Å²) in [6.07, 6.45) is 0.881. The first kappa shape index (κ1) is 9.90. The molecular weight excluding hydrogens is 167 g/mol. The summed E-state index contributed by atoms with van der Waals surface area (Å²) >= 11 is 0. The van der Waals surface area contributed by atoms with Crippen LogP contribution in [0.3, 0.4) is 0 Å². The van der Waals surface area contributed by atoms with Gasteiger partial charge in [-0.05, 0) is 18.1 Å². The summed E-state index contributed by atoms with van der Waals surface area (Å²) in [6, 6.07) is 7.52. The zero-order valence-corrected chi connectivity index (χ0v) is 7.72. The molecule has 0 aliphatic heterocycles. The smallest absolute Gasteiger partial charge is 0.134 e. The number of hydrogen-bond acceptors (Lipinski definition) is 1. The molecule has 70 valence electrons. The van der Waals surface area contributed by atoms with Crippen molar-refractivity contribution in [1.29, 1.82) is 0 Å². The van der Waals surface area contributed by atoms with E-state index in [0.717, 1.165) is 11.1 Å². The van der Waals surface area contributed by atoms with E-state index in [1.54, 1.807) is 6.92 Å². The van der Waals surface area contributed by atoms with Gasteiger partial charge in [0.2, 0.25) is 0 Å². The molecule has 0 unspecified atom stereocenters. The number of ketones is 1. The predicted molar refractivity (Wildman–Crippen MR) is 50.5 cm³/mol. The summed E-state index contributed by atoms with van der Waals surface area (Å²) in [6.45, 7) is 1.21. The molecule has 13 heavy (non-hydrogen) atoms. The van der Waals surface area contributed by atoms with Crippen LogP contribution in [0.25, 0.3) is 0 Å². The first-order valence-corrected chi connectivity index (χ1v) is 4.35. The van der Waals surface area contributed by atoms with Gasteiger partial charge in [0, 0.05) is 12.8 Å². The fourth-order valence-electron chi connectivity index (χ4n) is 1.29. The molecule has 0 bridgehead atoms. The molecule has 1 nitrogen and oxygen atoms in total. The summed E-state index contributed by atoms with van der Waals surface area (Å²) in [7, 11) is 0. The molecule has 0 saturated heterocycles. The number of Topliss-reactive ketones (excluding diaryl/α,β-unsaturated/α-hetero) is 1. The summed E-state index contributed by atoms with van der Waals surface area (Å²) in [5.74, 6) is 0.136. The Hall–Kier alpha value is -1.18. The van der Waals surface area contributed by atoms with Crippen LogP contribution < -0.4 is 0 Å². The molecule has 1 aromatic carbocycles. The summed E-state index contributed by atoms with van der Waals surface area (Å²) < 4.78 is 12.0. The molecule has 2 heteroatoms. The SMILES string of the molecule is CC(=O)Cc1cccc(CCF)c1. The van der Waals surface area contributed by atoms with Gasteiger partial charge in [0.15, 0.2) is 0 Å². The summed E-state index contributed by atoms with van der Waals surface area (Å²) in [4.78, 5) is 10.8. The van der Waals surface area contributed by atoms with Gasteiger partial charge < -0.3 is 0 Å². The number of alkyl halides is 1. The molecule has 0 aliphatic rings. The van der Waals surface area contributed by atoms with Gasteiger partial charge in [-0.25, -0.2) is 0 Å². The van der Waals surface area contributed by atoms with Crippen molar-refractivity contribution in [2.75, 3.05) is 6.67 Å². The van der Waals surface area contributed by atoms with Crippen molar-refractivity contribution in [1.82, 2.24) is 0 Å². The minimum atomic E-state index is -0.344. The van der Waals surface area contributed by atoms with Crippen LogP contribution in [0.5, 0.6) is 0 Å². The van der Waals surface area contributed by atoms with E-state index in [1.165, 1.54) is 0 Å². The Morgan fingerprint density at radius 1 is 1.38 bits per heavy atom. The van der Waals surface area contributed by atoms with Crippen LogP contribution in [0.15, 0.2) is 24.3 Å². The number of halogens is 1. The normalized spacial score (nSPS) is 10.0. The predicted octanol–water partition coefficient (Wildman–Crippen LogP) is 2.33. The molecular formula is C11H13FO. The van der Waals surface area contributed by atoms with E-state index in [1.807, 2.05) is 24.3 Å². The molecule has 0 aromatic heterocycles. The van der Waals surface area contributed by atoms with Crippen LogP contribution in [-0.4, -0.2) is 12.5 Å². The van der Waals surface area contributed by atoms with Gasteiger partial charge in [-0.1, -0.05) is 24.3 Å². The molecule has 1 rings (SSSR count). The first-order chi connectivity index (χ1) is 6.22. The largest absolute Gasteiger partial charge is 0.300 e. The number of carbonyl (C=O) groups excluding carboxylic acids is 1. The lowest BCUT2D eigenvalue weighted by atomic mass is 10.1. The summed E-state index contributed by atoms with van der Waals surface area (Å²) in [5, 5.41) is 0. The zero-order chi connectivity index (χ0) is 9.68. The third-order valence-corrected chi connectivity index (χ3v) is 1.83. The maximum atomic E-state index is 12.0. The van der Waals surface area contributed by atoms with E-state index < -0.39 is 0 Å². The molecule has 0 spiro atoms. The monoisotopic (exact) mass is 180 g/mol. The van der Waals surface area contributed by atoms with Gasteiger partial charge >= 0.3 is 0 Å². The van der Waals surface area contributed by atoms with Crippen molar-refractivity contribution in [3.63, 3.8) is 0 Å². The van der Waals surface area contributed by atoms with Crippen LogP contribution in [-0.2, 0) is 17.6 Å². The zero-order valence-electron chi connectivity index (χ0n) is 7.72. The van der Waals surface area contributed by atoms with E-state index >= 15 is 0 Å². The number of benzene rings is 1. The lowest BCUT2D eigenvalue weighted by Crippen LogP contribution is -1.97. The van der Waals surface area contributed by atoms with Crippen LogP contribution in [0.4, 0.5) is 4.39 Å². The van der Waals surface area contributed by atoms with E-state index in [-0.39, 0.29) is 12.5 Å². The minimum absolute atomic E-state index is 0.136. The first-order valence-electron chi connectivity index (χ1n) is 4.35. The number of carbonyl (C=O) groups is 1. The average molecular weight is 180 g/mol. The van der Waals surface area contributed by atoms with Gasteiger partial charge in [-0.2, -0.15) is 0 Å². The van der Waals surface area contributed by atoms with Crippen molar-refractivity contribution in [3.05, 3.63) is 35.4 Å². The molecule has 0 radical (unpaired) electrons. The number of hydrogen-bond donors (Lipinski definition) is 0. The second-order valence-electron chi connectivity index (χ2n) is 3.14. The van der Waals surface area contributed by atoms with Crippen molar-refractivity contribution >= 4 is 5.78 Å². The molecule has 0 fully saturated rings. The van der Waals surface area contributed by atoms with Gasteiger partial charge in [0.1, 0.15) is 5.78 Å². The fourth-order valence-corrected chi connectivity index (χ4v) is 1.29. The Morgan fingerprint density at radius 2 is 2.08 bits per heavy atom. The highest BCUT2D eigenvalue weighted by Gasteiger charge is 1.98. The van der Waals surface area contributed by atoms with Crippen LogP contribution in [0.2, 0.25) is 0 Å². The van der Waals surface area contributed by atoms with Crippen molar-refractivity contribution in [2.45, 2.75) is 19.8 Å². The van der Waals surface area contributed by atoms with Crippen LogP contribution in [0, 0.1) is 0 Å². The third kappa shape index (κ3) is 3.36.